The number of hydrogen-bond donors (Lipinski definition) is 1. The van der Waals surface area contributed by atoms with Gasteiger partial charge in [0.15, 0.2) is 0 Å². The van der Waals surface area contributed by atoms with Crippen molar-refractivity contribution in [2.75, 3.05) is 6.61 Å². The molecule has 0 saturated heterocycles. The Bertz CT molecular complexity index is 1080. The Morgan fingerprint density at radius 1 is 1.10 bits per heavy atom. The van der Waals surface area contributed by atoms with Gasteiger partial charge in [0.2, 0.25) is 0 Å². The van der Waals surface area contributed by atoms with Crippen molar-refractivity contribution in [1.82, 2.24) is 9.78 Å². The first kappa shape index (κ1) is 21.6. The largest absolute Gasteiger partial charge is 0.491 e. The normalized spacial score (nSPS) is 12.6. The number of hydrogen-bond acceptors (Lipinski definition) is 4. The second-order valence-electron chi connectivity index (χ2n) is 7.03. The Hall–Kier alpha value is -3.13. The van der Waals surface area contributed by atoms with Gasteiger partial charge in [-0.25, -0.2) is 4.68 Å². The van der Waals surface area contributed by atoms with E-state index in [2.05, 4.69) is 5.10 Å². The SMILES string of the molecule is Cc1ccc(C)c(OC[C@@H](O)Cn2nc(-c3ccccc3)cc(C(F)(F)F)c2=O)c1. The topological polar surface area (TPSA) is 64.3 Å². The van der Waals surface area contributed by atoms with E-state index in [1.54, 1.807) is 36.4 Å². The van der Waals surface area contributed by atoms with Crippen molar-refractivity contribution in [3.63, 3.8) is 0 Å². The molecule has 30 heavy (non-hydrogen) atoms. The monoisotopic (exact) mass is 418 g/mol. The Balaban J connectivity index is 1.87. The Kier molecular flexibility index (Phi) is 6.26. The molecule has 8 heteroatoms. The molecule has 2 aromatic carbocycles. The number of alkyl halides is 3. The second kappa shape index (κ2) is 8.71. The molecule has 0 aliphatic heterocycles. The van der Waals surface area contributed by atoms with Crippen molar-refractivity contribution >= 4 is 0 Å². The van der Waals surface area contributed by atoms with Gasteiger partial charge in [0.1, 0.15) is 24.0 Å². The lowest BCUT2D eigenvalue weighted by molar-refractivity contribution is -0.139. The molecular formula is C22H21F3N2O3. The zero-order valence-electron chi connectivity index (χ0n) is 16.5. The summed E-state index contributed by atoms with van der Waals surface area (Å²) >= 11 is 0. The van der Waals surface area contributed by atoms with Crippen molar-refractivity contribution in [2.45, 2.75) is 32.7 Å². The van der Waals surface area contributed by atoms with E-state index in [0.29, 0.717) is 16.0 Å². The van der Waals surface area contributed by atoms with E-state index in [1.807, 2.05) is 26.0 Å². The van der Waals surface area contributed by atoms with Crippen LogP contribution in [0.15, 0.2) is 59.4 Å². The summed E-state index contributed by atoms with van der Waals surface area (Å²) in [6.07, 6.45) is -6.08. The maximum atomic E-state index is 13.4. The first-order valence-electron chi connectivity index (χ1n) is 9.28. The van der Waals surface area contributed by atoms with E-state index in [9.17, 15) is 23.1 Å². The highest BCUT2D eigenvalue weighted by Crippen LogP contribution is 2.29. The van der Waals surface area contributed by atoms with E-state index >= 15 is 0 Å². The third kappa shape index (κ3) is 5.07. The molecule has 158 valence electrons. The van der Waals surface area contributed by atoms with Crippen molar-refractivity contribution < 1.29 is 23.0 Å². The number of benzene rings is 2. The van der Waals surface area contributed by atoms with Gasteiger partial charge in [0.25, 0.3) is 5.56 Å². The van der Waals surface area contributed by atoms with Crippen LogP contribution in [-0.4, -0.2) is 27.6 Å². The smallest absolute Gasteiger partial charge is 0.421 e. The molecule has 0 aliphatic rings. The first-order valence-corrected chi connectivity index (χ1v) is 9.28. The van der Waals surface area contributed by atoms with Crippen LogP contribution in [0.25, 0.3) is 11.3 Å². The predicted octanol–water partition coefficient (Wildman–Crippen LogP) is 3.99. The standard InChI is InChI=1S/C22H21F3N2O3/c1-14-8-9-15(2)20(10-14)30-13-17(28)12-27-21(29)18(22(23,24)25)11-19(26-27)16-6-4-3-5-7-16/h3-11,17,28H,12-13H2,1-2H3/t17-/m0/s1. The molecular weight excluding hydrogens is 397 g/mol. The van der Waals surface area contributed by atoms with E-state index < -0.39 is 29.9 Å². The lowest BCUT2D eigenvalue weighted by Crippen LogP contribution is -2.36. The van der Waals surface area contributed by atoms with Crippen molar-refractivity contribution in [1.29, 1.82) is 0 Å². The number of ether oxygens (including phenoxy) is 1. The van der Waals surface area contributed by atoms with Crippen LogP contribution in [0.2, 0.25) is 0 Å². The zero-order chi connectivity index (χ0) is 21.9. The minimum absolute atomic E-state index is 0.00910. The summed E-state index contributed by atoms with van der Waals surface area (Å²) in [5.41, 5.74) is -0.406. The number of nitrogens with zero attached hydrogens (tertiary/aromatic N) is 2. The quantitative estimate of drug-likeness (QED) is 0.658. The van der Waals surface area contributed by atoms with Gasteiger partial charge >= 0.3 is 6.18 Å². The van der Waals surface area contributed by atoms with Crippen molar-refractivity contribution in [3.8, 4) is 17.0 Å². The number of rotatable bonds is 6. The first-order chi connectivity index (χ1) is 14.1. The molecule has 5 nitrogen and oxygen atoms in total. The van der Waals surface area contributed by atoms with Gasteiger partial charge in [-0.05, 0) is 37.1 Å². The molecule has 0 amide bonds. The van der Waals surface area contributed by atoms with Gasteiger partial charge in [-0.1, -0.05) is 42.5 Å². The number of aliphatic hydroxyl groups is 1. The average molecular weight is 418 g/mol. The maximum Gasteiger partial charge on any atom is 0.421 e. The Morgan fingerprint density at radius 2 is 1.80 bits per heavy atom. The van der Waals surface area contributed by atoms with Crippen LogP contribution < -0.4 is 10.3 Å². The highest BCUT2D eigenvalue weighted by atomic mass is 19.4. The molecule has 0 fully saturated rings. The molecule has 0 aliphatic carbocycles. The molecule has 0 radical (unpaired) electrons. The van der Waals surface area contributed by atoms with Crippen LogP contribution in [-0.2, 0) is 12.7 Å². The van der Waals surface area contributed by atoms with E-state index in [-0.39, 0.29) is 12.3 Å². The summed E-state index contributed by atoms with van der Waals surface area (Å²) in [4.78, 5) is 12.3. The van der Waals surface area contributed by atoms with Gasteiger partial charge in [-0.2, -0.15) is 18.3 Å². The zero-order valence-corrected chi connectivity index (χ0v) is 16.5. The molecule has 1 heterocycles. The number of aromatic nitrogens is 2. The molecule has 3 aromatic rings. The van der Waals surface area contributed by atoms with Gasteiger partial charge < -0.3 is 9.84 Å². The summed E-state index contributed by atoms with van der Waals surface area (Å²) in [5, 5.41) is 14.3. The fourth-order valence-electron chi connectivity index (χ4n) is 2.92. The second-order valence-corrected chi connectivity index (χ2v) is 7.03. The lowest BCUT2D eigenvalue weighted by atomic mass is 10.1. The van der Waals surface area contributed by atoms with Gasteiger partial charge in [0.05, 0.1) is 12.2 Å². The fourth-order valence-corrected chi connectivity index (χ4v) is 2.92. The van der Waals surface area contributed by atoms with Crippen LogP contribution in [0.1, 0.15) is 16.7 Å². The number of halogens is 3. The van der Waals surface area contributed by atoms with Crippen LogP contribution >= 0.6 is 0 Å². The highest BCUT2D eigenvalue weighted by Gasteiger charge is 2.35. The minimum atomic E-state index is -4.84. The predicted molar refractivity (Wildman–Crippen MR) is 106 cm³/mol. The third-order valence-electron chi connectivity index (χ3n) is 4.51. The molecule has 0 spiro atoms. The summed E-state index contributed by atoms with van der Waals surface area (Å²) in [5.74, 6) is 0.559. The van der Waals surface area contributed by atoms with Gasteiger partial charge in [-0.3, -0.25) is 4.79 Å². The molecule has 0 unspecified atom stereocenters. The molecule has 0 bridgehead atoms. The van der Waals surface area contributed by atoms with E-state index in [4.69, 9.17) is 4.74 Å². The van der Waals surface area contributed by atoms with E-state index in [0.717, 1.165) is 17.2 Å². The van der Waals surface area contributed by atoms with Gasteiger partial charge in [-0.15, -0.1) is 0 Å². The van der Waals surface area contributed by atoms with Crippen LogP contribution in [0, 0.1) is 13.8 Å². The lowest BCUT2D eigenvalue weighted by Gasteiger charge is -2.17. The van der Waals surface area contributed by atoms with Crippen LogP contribution in [0.4, 0.5) is 13.2 Å². The van der Waals surface area contributed by atoms with E-state index in [1.165, 1.54) is 0 Å². The molecule has 1 atom stereocenters. The summed E-state index contributed by atoms with van der Waals surface area (Å²) < 4.78 is 46.4. The van der Waals surface area contributed by atoms with Crippen molar-refractivity contribution in [3.05, 3.63) is 81.6 Å². The number of aliphatic hydroxyl groups excluding tert-OH is 1. The minimum Gasteiger partial charge on any atom is -0.491 e. The van der Waals surface area contributed by atoms with Crippen LogP contribution in [0.5, 0.6) is 5.75 Å². The fraction of sp³-hybridized carbons (Fsp3) is 0.273. The van der Waals surface area contributed by atoms with Crippen LogP contribution in [0.3, 0.4) is 0 Å². The Morgan fingerprint density at radius 3 is 2.47 bits per heavy atom. The Labute approximate surface area is 171 Å². The summed E-state index contributed by atoms with van der Waals surface area (Å²) in [6.45, 7) is 3.09. The molecule has 0 saturated carbocycles. The summed E-state index contributed by atoms with van der Waals surface area (Å²) in [6, 6.07) is 14.5. The third-order valence-corrected chi connectivity index (χ3v) is 4.51. The molecule has 1 N–H and O–H groups in total. The number of aryl methyl sites for hydroxylation is 2. The highest BCUT2D eigenvalue weighted by molar-refractivity contribution is 5.59. The van der Waals surface area contributed by atoms with Gasteiger partial charge in [0, 0.05) is 5.56 Å². The molecule has 3 rings (SSSR count). The maximum absolute atomic E-state index is 13.4. The van der Waals surface area contributed by atoms with Crippen molar-refractivity contribution in [2.24, 2.45) is 0 Å². The summed E-state index contributed by atoms with van der Waals surface area (Å²) in [7, 11) is 0. The average Bonchev–Trinajstić information content (AvgIpc) is 2.70. The molecule has 1 aromatic heterocycles.